The summed E-state index contributed by atoms with van der Waals surface area (Å²) in [6, 6.07) is 10.3. The summed E-state index contributed by atoms with van der Waals surface area (Å²) in [5.74, 6) is 0. The molecule has 1 saturated heterocycles. The predicted octanol–water partition coefficient (Wildman–Crippen LogP) is 4.18. The molecule has 2 aromatic carbocycles. The van der Waals surface area contributed by atoms with E-state index < -0.39 is 23.3 Å². The topological polar surface area (TPSA) is 78.6 Å². The van der Waals surface area contributed by atoms with Gasteiger partial charge in [0, 0.05) is 37.4 Å². The fourth-order valence-electron chi connectivity index (χ4n) is 3.60. The van der Waals surface area contributed by atoms with E-state index in [9.17, 15) is 28.4 Å². The maximum Gasteiger partial charge on any atom is 0.416 e. The quantitative estimate of drug-likeness (QED) is 0.553. The number of piperidine rings is 1. The molecule has 0 atom stereocenters. The first-order valence-electron chi connectivity index (χ1n) is 9.30. The van der Waals surface area contributed by atoms with Gasteiger partial charge in [-0.2, -0.15) is 13.2 Å². The number of nitrogens with zero attached hydrogens (tertiary/aromatic N) is 2. The summed E-state index contributed by atoms with van der Waals surface area (Å²) < 4.78 is 39.5. The van der Waals surface area contributed by atoms with Gasteiger partial charge in [0.25, 0.3) is 5.69 Å². The van der Waals surface area contributed by atoms with Crippen LogP contribution >= 0.6 is 0 Å². The second kappa shape index (κ2) is 8.79. The Kier molecular flexibility index (Phi) is 6.39. The normalized spacial score (nSPS) is 16.0. The minimum absolute atomic E-state index is 0.0729. The highest BCUT2D eigenvalue weighted by atomic mass is 19.4. The van der Waals surface area contributed by atoms with E-state index in [2.05, 4.69) is 5.32 Å². The summed E-state index contributed by atoms with van der Waals surface area (Å²) in [6.45, 7) is 1.08. The molecule has 0 bridgehead atoms. The van der Waals surface area contributed by atoms with Crippen molar-refractivity contribution < 1.29 is 23.2 Å². The molecule has 0 aliphatic carbocycles. The maximum atomic E-state index is 13.2. The lowest BCUT2D eigenvalue weighted by atomic mass is 10.0. The van der Waals surface area contributed by atoms with E-state index in [-0.39, 0.29) is 29.4 Å². The van der Waals surface area contributed by atoms with E-state index in [0.717, 1.165) is 6.07 Å². The molecule has 1 heterocycles. The van der Waals surface area contributed by atoms with E-state index in [1.807, 2.05) is 4.90 Å². The van der Waals surface area contributed by atoms with Crippen LogP contribution in [0.2, 0.25) is 0 Å². The number of nitro groups is 1. The first-order valence-corrected chi connectivity index (χ1v) is 9.30. The van der Waals surface area contributed by atoms with E-state index in [4.69, 9.17) is 0 Å². The number of aliphatic hydroxyl groups excluding tert-OH is 1. The van der Waals surface area contributed by atoms with Crippen molar-refractivity contribution in [3.63, 3.8) is 0 Å². The van der Waals surface area contributed by atoms with Crippen molar-refractivity contribution in [3.05, 3.63) is 69.3 Å². The molecule has 0 unspecified atom stereocenters. The third-order valence-electron chi connectivity index (χ3n) is 5.13. The van der Waals surface area contributed by atoms with Crippen molar-refractivity contribution in [2.75, 3.05) is 18.4 Å². The summed E-state index contributed by atoms with van der Waals surface area (Å²) in [5.41, 5.74) is 0.366. The molecule has 2 N–H and O–H groups in total. The van der Waals surface area contributed by atoms with Crippen molar-refractivity contribution in [1.82, 2.24) is 4.90 Å². The molecule has 1 fully saturated rings. The molecule has 0 amide bonds. The zero-order valence-electron chi connectivity index (χ0n) is 15.7. The Morgan fingerprint density at radius 1 is 1.14 bits per heavy atom. The maximum absolute atomic E-state index is 13.2. The molecule has 1 aliphatic rings. The molecule has 29 heavy (non-hydrogen) atoms. The zero-order valence-corrected chi connectivity index (χ0v) is 15.7. The van der Waals surface area contributed by atoms with E-state index >= 15 is 0 Å². The van der Waals surface area contributed by atoms with Crippen molar-refractivity contribution >= 4 is 11.4 Å². The molecule has 0 spiro atoms. The van der Waals surface area contributed by atoms with Gasteiger partial charge in [-0.25, -0.2) is 0 Å². The van der Waals surface area contributed by atoms with Crippen LogP contribution in [0.15, 0.2) is 42.5 Å². The van der Waals surface area contributed by atoms with Crippen molar-refractivity contribution in [3.8, 4) is 0 Å². The zero-order chi connectivity index (χ0) is 21.0. The summed E-state index contributed by atoms with van der Waals surface area (Å²) in [6.07, 6.45) is -2.95. The minimum atomic E-state index is -4.37. The van der Waals surface area contributed by atoms with Gasteiger partial charge in [0.05, 0.1) is 22.7 Å². The van der Waals surface area contributed by atoms with Crippen LogP contribution in [0.5, 0.6) is 0 Å². The van der Waals surface area contributed by atoms with Crippen LogP contribution in [-0.2, 0) is 19.3 Å². The number of alkyl halides is 3. The van der Waals surface area contributed by atoms with Gasteiger partial charge in [0.15, 0.2) is 0 Å². The van der Waals surface area contributed by atoms with Crippen molar-refractivity contribution in [1.29, 1.82) is 0 Å². The lowest BCUT2D eigenvalue weighted by molar-refractivity contribution is -0.385. The summed E-state index contributed by atoms with van der Waals surface area (Å²) in [7, 11) is 0. The third-order valence-corrected chi connectivity index (χ3v) is 5.13. The number of aliphatic hydroxyl groups is 1. The largest absolute Gasteiger partial charge is 0.416 e. The number of rotatable bonds is 6. The molecule has 2 aromatic rings. The van der Waals surface area contributed by atoms with Gasteiger partial charge < -0.3 is 10.4 Å². The highest BCUT2D eigenvalue weighted by Gasteiger charge is 2.33. The van der Waals surface area contributed by atoms with Crippen molar-refractivity contribution in [2.24, 2.45) is 0 Å². The van der Waals surface area contributed by atoms with Crippen LogP contribution in [0.1, 0.15) is 29.5 Å². The molecule has 0 aromatic heterocycles. The first kappa shape index (κ1) is 21.1. The Bertz CT molecular complexity index is 866. The molecule has 9 heteroatoms. The van der Waals surface area contributed by atoms with E-state index in [1.54, 1.807) is 12.1 Å². The van der Waals surface area contributed by atoms with Gasteiger partial charge in [-0.05, 0) is 36.6 Å². The molecular formula is C20H22F3N3O3. The van der Waals surface area contributed by atoms with Crippen LogP contribution in [0.3, 0.4) is 0 Å². The molecule has 0 saturated carbocycles. The second-order valence-electron chi connectivity index (χ2n) is 7.11. The Balaban J connectivity index is 1.59. The number of hydrogen-bond donors (Lipinski definition) is 2. The fraction of sp³-hybridized carbons (Fsp3) is 0.400. The average Bonchev–Trinajstić information content (AvgIpc) is 2.69. The highest BCUT2D eigenvalue weighted by molar-refractivity contribution is 5.55. The molecule has 1 aliphatic heterocycles. The Hall–Kier alpha value is -2.65. The van der Waals surface area contributed by atoms with Gasteiger partial charge >= 0.3 is 6.18 Å². The third kappa shape index (κ3) is 5.24. The minimum Gasteiger partial charge on any atom is -0.391 e. The predicted molar refractivity (Wildman–Crippen MR) is 102 cm³/mol. The molecule has 0 radical (unpaired) electrons. The molecule has 156 valence electrons. The Morgan fingerprint density at radius 3 is 2.45 bits per heavy atom. The monoisotopic (exact) mass is 409 g/mol. The average molecular weight is 409 g/mol. The number of likely N-dealkylation sites (tertiary alicyclic amines) is 1. The number of halogens is 3. The van der Waals surface area contributed by atoms with E-state index in [0.29, 0.717) is 31.6 Å². The number of anilines is 1. The fourth-order valence-corrected chi connectivity index (χ4v) is 3.60. The van der Waals surface area contributed by atoms with Gasteiger partial charge in [-0.3, -0.25) is 15.0 Å². The van der Waals surface area contributed by atoms with Crippen LogP contribution in [0.25, 0.3) is 0 Å². The second-order valence-corrected chi connectivity index (χ2v) is 7.11. The van der Waals surface area contributed by atoms with Crippen LogP contribution in [0.4, 0.5) is 24.5 Å². The number of hydrogen-bond acceptors (Lipinski definition) is 5. The van der Waals surface area contributed by atoms with Crippen molar-refractivity contribution in [2.45, 2.75) is 38.2 Å². The standard InChI is InChI=1S/C20H22F3N3O3/c21-20(22,23)18-4-2-1-3-14(18)12-25-9-7-16(8-10-25)24-17-6-5-15(13-27)19(11-17)26(28)29/h1-6,11,16,24,27H,7-10,12-13H2. The van der Waals surface area contributed by atoms with Gasteiger partial charge in [0.1, 0.15) is 0 Å². The molecule has 3 rings (SSSR count). The number of benzene rings is 2. The SMILES string of the molecule is O=[N+]([O-])c1cc(NC2CCN(Cc3ccccc3C(F)(F)F)CC2)ccc1CO. The van der Waals surface area contributed by atoms with Gasteiger partial charge in [-0.1, -0.05) is 18.2 Å². The van der Waals surface area contributed by atoms with Crippen LogP contribution in [0, 0.1) is 10.1 Å². The smallest absolute Gasteiger partial charge is 0.391 e. The lowest BCUT2D eigenvalue weighted by Gasteiger charge is -2.33. The lowest BCUT2D eigenvalue weighted by Crippen LogP contribution is -2.39. The number of nitro benzene ring substituents is 1. The summed E-state index contributed by atoms with van der Waals surface area (Å²) in [4.78, 5) is 12.6. The van der Waals surface area contributed by atoms with E-state index in [1.165, 1.54) is 24.3 Å². The van der Waals surface area contributed by atoms with Crippen LogP contribution in [-0.4, -0.2) is 34.1 Å². The number of nitrogens with one attached hydrogen (secondary N) is 1. The Labute approximate surface area is 166 Å². The Morgan fingerprint density at radius 2 is 1.83 bits per heavy atom. The highest BCUT2D eigenvalue weighted by Crippen LogP contribution is 2.33. The van der Waals surface area contributed by atoms with Crippen LogP contribution < -0.4 is 5.32 Å². The van der Waals surface area contributed by atoms with Gasteiger partial charge in [0.2, 0.25) is 0 Å². The molecule has 6 nitrogen and oxygen atoms in total. The summed E-state index contributed by atoms with van der Waals surface area (Å²) >= 11 is 0. The first-order chi connectivity index (χ1) is 13.8. The van der Waals surface area contributed by atoms with Gasteiger partial charge in [-0.15, -0.1) is 0 Å². The summed E-state index contributed by atoms with van der Waals surface area (Å²) in [5, 5.41) is 23.6. The molecular weight excluding hydrogens is 387 g/mol.